The molecule has 30 heavy (non-hydrogen) atoms. The Bertz CT molecular complexity index is 1330. The first-order valence-corrected chi connectivity index (χ1v) is 11.9. The molecule has 1 N–H and O–H groups in total. The van der Waals surface area contributed by atoms with Crippen molar-refractivity contribution in [2.24, 2.45) is 7.05 Å². The fourth-order valence-corrected chi connectivity index (χ4v) is 5.75. The Morgan fingerprint density at radius 2 is 1.77 bits per heavy atom. The molecule has 2 aromatic heterocycles. The Labute approximate surface area is 180 Å². The molecule has 0 bridgehead atoms. The number of fused-ring (bicyclic) bond motifs is 1. The van der Waals surface area contributed by atoms with Crippen molar-refractivity contribution in [2.45, 2.75) is 38.0 Å². The van der Waals surface area contributed by atoms with Crippen LogP contribution in [-0.4, -0.2) is 23.2 Å². The highest BCUT2D eigenvalue weighted by Crippen LogP contribution is 2.32. The van der Waals surface area contributed by atoms with E-state index in [2.05, 4.69) is 27.8 Å². The summed E-state index contributed by atoms with van der Waals surface area (Å²) in [5.41, 5.74) is 3.77. The molecule has 0 aliphatic rings. The predicted molar refractivity (Wildman–Crippen MR) is 123 cm³/mol. The topological polar surface area (TPSA) is 76.9 Å². The van der Waals surface area contributed by atoms with Gasteiger partial charge in [-0.1, -0.05) is 26.8 Å². The molecule has 0 saturated heterocycles. The highest BCUT2D eigenvalue weighted by Gasteiger charge is 2.29. The van der Waals surface area contributed by atoms with Crippen LogP contribution in [0.5, 0.6) is 0 Å². The van der Waals surface area contributed by atoms with Crippen molar-refractivity contribution in [1.29, 1.82) is 0 Å². The number of anilines is 1. The van der Waals surface area contributed by atoms with E-state index < -0.39 is 10.0 Å². The number of aryl methyl sites for hydroxylation is 2. The second-order valence-electron chi connectivity index (χ2n) is 8.44. The second kappa shape index (κ2) is 7.21. The van der Waals surface area contributed by atoms with Gasteiger partial charge >= 0.3 is 0 Å². The largest absolute Gasteiger partial charge is 0.280 e. The van der Waals surface area contributed by atoms with Crippen LogP contribution in [0.25, 0.3) is 20.8 Å². The average molecular weight is 441 g/mol. The third-order valence-corrected chi connectivity index (χ3v) is 7.17. The number of hydrogen-bond acceptors (Lipinski definition) is 5. The van der Waals surface area contributed by atoms with Crippen LogP contribution in [-0.2, 0) is 22.5 Å². The number of nitrogens with zero attached hydrogens (tertiary/aromatic N) is 3. The Morgan fingerprint density at radius 1 is 1.07 bits per heavy atom. The van der Waals surface area contributed by atoms with Gasteiger partial charge in [-0.15, -0.1) is 11.3 Å². The third-order valence-electron chi connectivity index (χ3n) is 4.72. The molecule has 0 spiro atoms. The number of nitrogens with one attached hydrogen (secondary N) is 1. The minimum atomic E-state index is -3.76. The monoisotopic (exact) mass is 440 g/mol. The second-order valence-corrected chi connectivity index (χ2v) is 11.1. The van der Waals surface area contributed by atoms with Gasteiger partial charge < -0.3 is 0 Å². The smallest absolute Gasteiger partial charge is 0.265 e. The standard InChI is InChI=1S/C22H24N4O2S2/c1-14-6-11-17-18(12-14)29-21(23-17)15-7-9-16(10-8-15)25-30(27,28)19-13-26(5)24-20(19)22(2,3)4/h6-13,25H,1-5H3. The lowest BCUT2D eigenvalue weighted by Gasteiger charge is -2.17. The molecular formula is C22H24N4O2S2. The molecule has 0 fully saturated rings. The summed E-state index contributed by atoms with van der Waals surface area (Å²) in [6.07, 6.45) is 1.54. The zero-order valence-electron chi connectivity index (χ0n) is 17.6. The van der Waals surface area contributed by atoms with Crippen LogP contribution in [0, 0.1) is 6.92 Å². The summed E-state index contributed by atoms with van der Waals surface area (Å²) in [6.45, 7) is 7.90. The maximum absolute atomic E-state index is 13.0. The highest BCUT2D eigenvalue weighted by molar-refractivity contribution is 7.92. The fourth-order valence-electron chi connectivity index (χ4n) is 3.23. The molecule has 6 nitrogen and oxygen atoms in total. The Morgan fingerprint density at radius 3 is 2.43 bits per heavy atom. The van der Waals surface area contributed by atoms with Gasteiger partial charge in [0, 0.05) is 29.9 Å². The number of aromatic nitrogens is 3. The molecule has 0 atom stereocenters. The van der Waals surface area contributed by atoms with Gasteiger partial charge in [0.2, 0.25) is 0 Å². The molecule has 4 aromatic rings. The van der Waals surface area contributed by atoms with Crippen LogP contribution in [0.4, 0.5) is 5.69 Å². The van der Waals surface area contributed by atoms with Crippen LogP contribution in [0.3, 0.4) is 0 Å². The van der Waals surface area contributed by atoms with Crippen LogP contribution in [0.15, 0.2) is 53.6 Å². The molecule has 0 aliphatic heterocycles. The lowest BCUT2D eigenvalue weighted by atomic mass is 9.92. The fraction of sp³-hybridized carbons (Fsp3) is 0.273. The quantitative estimate of drug-likeness (QED) is 0.479. The van der Waals surface area contributed by atoms with E-state index in [-0.39, 0.29) is 10.3 Å². The lowest BCUT2D eigenvalue weighted by molar-refractivity contribution is 0.539. The van der Waals surface area contributed by atoms with Crippen molar-refractivity contribution in [2.75, 3.05) is 4.72 Å². The summed E-state index contributed by atoms with van der Waals surface area (Å²) < 4.78 is 31.4. The van der Waals surface area contributed by atoms with Crippen molar-refractivity contribution in [3.05, 3.63) is 59.9 Å². The molecule has 2 heterocycles. The van der Waals surface area contributed by atoms with Gasteiger partial charge in [-0.2, -0.15) is 5.10 Å². The van der Waals surface area contributed by atoms with Gasteiger partial charge in [-0.05, 0) is 48.9 Å². The van der Waals surface area contributed by atoms with E-state index in [1.807, 2.05) is 45.0 Å². The highest BCUT2D eigenvalue weighted by atomic mass is 32.2. The molecule has 2 aromatic carbocycles. The first-order chi connectivity index (χ1) is 14.0. The van der Waals surface area contributed by atoms with Crippen LogP contribution < -0.4 is 4.72 Å². The van der Waals surface area contributed by atoms with Gasteiger partial charge in [-0.25, -0.2) is 13.4 Å². The van der Waals surface area contributed by atoms with Gasteiger partial charge in [0.1, 0.15) is 9.90 Å². The average Bonchev–Trinajstić information content (AvgIpc) is 3.25. The van der Waals surface area contributed by atoms with E-state index in [0.717, 1.165) is 20.8 Å². The van der Waals surface area contributed by atoms with Gasteiger partial charge in [-0.3, -0.25) is 9.40 Å². The zero-order valence-corrected chi connectivity index (χ0v) is 19.2. The SMILES string of the molecule is Cc1ccc2nc(-c3ccc(NS(=O)(=O)c4cn(C)nc4C(C)(C)C)cc3)sc2c1. The first kappa shape index (κ1) is 20.6. The molecule has 8 heteroatoms. The van der Waals surface area contributed by atoms with Crippen molar-refractivity contribution >= 4 is 37.3 Å². The maximum atomic E-state index is 13.0. The summed E-state index contributed by atoms with van der Waals surface area (Å²) in [7, 11) is -2.03. The van der Waals surface area contributed by atoms with E-state index in [1.165, 1.54) is 10.2 Å². The molecule has 0 unspecified atom stereocenters. The Balaban J connectivity index is 1.62. The third kappa shape index (κ3) is 3.97. The molecule has 156 valence electrons. The summed E-state index contributed by atoms with van der Waals surface area (Å²) >= 11 is 1.63. The first-order valence-electron chi connectivity index (χ1n) is 9.57. The lowest BCUT2D eigenvalue weighted by Crippen LogP contribution is -2.20. The van der Waals surface area contributed by atoms with Crippen LogP contribution >= 0.6 is 11.3 Å². The number of sulfonamides is 1. The molecular weight excluding hydrogens is 416 g/mol. The van der Waals surface area contributed by atoms with Gasteiger partial charge in [0.15, 0.2) is 0 Å². The summed E-state index contributed by atoms with van der Waals surface area (Å²) in [5, 5.41) is 5.27. The molecule has 0 radical (unpaired) electrons. The van der Waals surface area contributed by atoms with Crippen LogP contribution in [0.2, 0.25) is 0 Å². The van der Waals surface area contributed by atoms with E-state index in [4.69, 9.17) is 0 Å². The maximum Gasteiger partial charge on any atom is 0.265 e. The zero-order chi connectivity index (χ0) is 21.7. The summed E-state index contributed by atoms with van der Waals surface area (Å²) in [4.78, 5) is 4.88. The molecule has 0 amide bonds. The van der Waals surface area contributed by atoms with E-state index >= 15 is 0 Å². The number of benzene rings is 2. The predicted octanol–water partition coefficient (Wildman–Crippen LogP) is 5.10. The van der Waals surface area contributed by atoms with Gasteiger partial charge in [0.25, 0.3) is 10.0 Å². The number of hydrogen-bond donors (Lipinski definition) is 1. The van der Waals surface area contributed by atoms with Crippen molar-refractivity contribution < 1.29 is 8.42 Å². The number of thiazole rings is 1. The van der Waals surface area contributed by atoms with E-state index in [1.54, 1.807) is 36.7 Å². The summed E-state index contributed by atoms with van der Waals surface area (Å²) in [6, 6.07) is 13.5. The van der Waals surface area contributed by atoms with Crippen molar-refractivity contribution in [1.82, 2.24) is 14.8 Å². The van der Waals surface area contributed by atoms with E-state index in [9.17, 15) is 8.42 Å². The normalized spacial score (nSPS) is 12.4. The minimum absolute atomic E-state index is 0.197. The molecule has 0 aliphatic carbocycles. The van der Waals surface area contributed by atoms with E-state index in [0.29, 0.717) is 11.4 Å². The Hall–Kier alpha value is -2.71. The molecule has 4 rings (SSSR count). The Kier molecular flexibility index (Phi) is 4.94. The van der Waals surface area contributed by atoms with Crippen molar-refractivity contribution in [3.63, 3.8) is 0 Å². The number of rotatable bonds is 4. The summed E-state index contributed by atoms with van der Waals surface area (Å²) in [5.74, 6) is 0. The van der Waals surface area contributed by atoms with Crippen LogP contribution in [0.1, 0.15) is 32.0 Å². The van der Waals surface area contributed by atoms with Gasteiger partial charge in [0.05, 0.1) is 15.9 Å². The molecule has 0 saturated carbocycles. The minimum Gasteiger partial charge on any atom is -0.280 e. The van der Waals surface area contributed by atoms with Crippen molar-refractivity contribution in [3.8, 4) is 10.6 Å².